The summed E-state index contributed by atoms with van der Waals surface area (Å²) < 4.78 is 0. The number of rotatable bonds is 15. The second-order valence-corrected chi connectivity index (χ2v) is 7.82. The van der Waals surface area contributed by atoms with Crippen LogP contribution in [-0.4, -0.2) is 30.2 Å². The average molecular weight is 427 g/mol. The normalized spacial score (nSPS) is 11.2. The maximum absolute atomic E-state index is 10.7. The lowest BCUT2D eigenvalue weighted by atomic mass is 10.1. The van der Waals surface area contributed by atoms with Crippen LogP contribution < -0.4 is 4.90 Å². The van der Waals surface area contributed by atoms with Crippen molar-refractivity contribution in [1.29, 1.82) is 0 Å². The number of aliphatic hydroxyl groups is 1. The molecule has 0 atom stereocenters. The summed E-state index contributed by atoms with van der Waals surface area (Å²) in [5.74, 6) is 0. The van der Waals surface area contributed by atoms with Crippen molar-refractivity contribution < 1.29 is 10.0 Å². The molecule has 2 rings (SSSR count). The van der Waals surface area contributed by atoms with E-state index in [4.69, 9.17) is 5.11 Å². The van der Waals surface area contributed by atoms with E-state index in [-0.39, 0.29) is 5.69 Å². The molecule has 0 radical (unpaired) electrons. The summed E-state index contributed by atoms with van der Waals surface area (Å²) in [6, 6.07) is 13.9. The molecule has 2 aromatic carbocycles. The number of benzene rings is 2. The first-order valence-corrected chi connectivity index (χ1v) is 11.2. The third-order valence-corrected chi connectivity index (χ3v) is 5.28. The predicted octanol–water partition coefficient (Wildman–Crippen LogP) is 6.95. The molecule has 168 valence electrons. The van der Waals surface area contributed by atoms with Gasteiger partial charge in [0.25, 0.3) is 5.69 Å². The van der Waals surface area contributed by atoms with E-state index in [0.717, 1.165) is 30.8 Å². The predicted molar refractivity (Wildman–Crippen MR) is 126 cm³/mol. The molecule has 0 aliphatic rings. The van der Waals surface area contributed by atoms with Crippen LogP contribution in [0.15, 0.2) is 58.8 Å². The van der Waals surface area contributed by atoms with Gasteiger partial charge in [-0.3, -0.25) is 10.1 Å². The van der Waals surface area contributed by atoms with Crippen molar-refractivity contribution >= 4 is 22.7 Å². The number of hydrogen-bond donors (Lipinski definition) is 1. The van der Waals surface area contributed by atoms with Crippen LogP contribution in [0, 0.1) is 10.1 Å². The Bertz CT molecular complexity index is 791. The molecule has 0 unspecified atom stereocenters. The molecule has 0 saturated carbocycles. The van der Waals surface area contributed by atoms with Gasteiger partial charge in [-0.05, 0) is 49.2 Å². The molecule has 1 N–H and O–H groups in total. The fourth-order valence-corrected chi connectivity index (χ4v) is 3.36. The fourth-order valence-electron chi connectivity index (χ4n) is 3.36. The van der Waals surface area contributed by atoms with Crippen LogP contribution in [0.25, 0.3) is 0 Å². The lowest BCUT2D eigenvalue weighted by Crippen LogP contribution is -2.18. The summed E-state index contributed by atoms with van der Waals surface area (Å²) in [7, 11) is 2.11. The summed E-state index contributed by atoms with van der Waals surface area (Å²) in [6.07, 6.45) is 10.9. The van der Waals surface area contributed by atoms with Gasteiger partial charge in [0.2, 0.25) is 0 Å². The molecule has 0 aliphatic heterocycles. The van der Waals surface area contributed by atoms with Gasteiger partial charge in [0.05, 0.1) is 16.3 Å². The van der Waals surface area contributed by atoms with Crippen LogP contribution in [0.5, 0.6) is 0 Å². The number of nitrogens with zero attached hydrogens (tertiary/aromatic N) is 4. The van der Waals surface area contributed by atoms with Gasteiger partial charge in [0.1, 0.15) is 0 Å². The highest BCUT2D eigenvalue weighted by Gasteiger charge is 2.04. The van der Waals surface area contributed by atoms with Gasteiger partial charge in [0.15, 0.2) is 0 Å². The second kappa shape index (κ2) is 14.2. The monoisotopic (exact) mass is 426 g/mol. The molecule has 31 heavy (non-hydrogen) atoms. The van der Waals surface area contributed by atoms with Crippen molar-refractivity contribution in [3.8, 4) is 0 Å². The molecule has 0 aromatic heterocycles. The van der Waals surface area contributed by atoms with Crippen LogP contribution in [-0.2, 0) is 0 Å². The van der Waals surface area contributed by atoms with Crippen molar-refractivity contribution in [2.24, 2.45) is 10.2 Å². The van der Waals surface area contributed by atoms with E-state index in [1.807, 2.05) is 24.3 Å². The third kappa shape index (κ3) is 9.70. The summed E-state index contributed by atoms with van der Waals surface area (Å²) in [5.41, 5.74) is 2.52. The van der Waals surface area contributed by atoms with E-state index in [9.17, 15) is 10.1 Å². The maximum atomic E-state index is 10.7. The minimum absolute atomic E-state index is 0.0422. The molecule has 0 bridgehead atoms. The van der Waals surface area contributed by atoms with E-state index in [1.54, 1.807) is 12.1 Å². The number of anilines is 1. The molecule has 2 aromatic rings. The molecular formula is C24H34N4O3. The zero-order valence-corrected chi connectivity index (χ0v) is 18.4. The Morgan fingerprint density at radius 1 is 0.774 bits per heavy atom. The first kappa shape index (κ1) is 24.5. The van der Waals surface area contributed by atoms with E-state index >= 15 is 0 Å². The Hall–Kier alpha value is -2.80. The Labute approximate surface area is 185 Å². The van der Waals surface area contributed by atoms with Crippen molar-refractivity contribution in [1.82, 2.24) is 0 Å². The van der Waals surface area contributed by atoms with E-state index in [1.165, 1.54) is 57.1 Å². The molecule has 0 heterocycles. The molecule has 0 fully saturated rings. The standard InChI is InChI=1S/C24H34N4O3/c1-27(19-9-7-5-3-2-4-6-8-10-20-29)23-15-11-21(12-16-23)25-26-22-13-17-24(18-14-22)28(30)31/h11-18,29H,2-10,19-20H2,1H3/b26-25+. The van der Waals surface area contributed by atoms with Crippen LogP contribution >= 0.6 is 0 Å². The summed E-state index contributed by atoms with van der Waals surface area (Å²) >= 11 is 0. The van der Waals surface area contributed by atoms with Gasteiger partial charge < -0.3 is 10.0 Å². The van der Waals surface area contributed by atoms with E-state index < -0.39 is 4.92 Å². The topological polar surface area (TPSA) is 91.3 Å². The van der Waals surface area contributed by atoms with Gasteiger partial charge in [-0.15, -0.1) is 0 Å². The first-order chi connectivity index (χ1) is 15.1. The Balaban J connectivity index is 1.66. The molecule has 0 aliphatic carbocycles. The zero-order valence-electron chi connectivity index (χ0n) is 18.4. The smallest absolute Gasteiger partial charge is 0.269 e. The SMILES string of the molecule is CN(CCCCCCCCCCCO)c1ccc(/N=N/c2ccc([N+](=O)[O-])cc2)cc1. The van der Waals surface area contributed by atoms with Crippen LogP contribution in [0.4, 0.5) is 22.7 Å². The summed E-state index contributed by atoms with van der Waals surface area (Å²) in [5, 5.41) is 27.8. The molecule has 0 amide bonds. The second-order valence-electron chi connectivity index (χ2n) is 7.82. The Morgan fingerprint density at radius 3 is 1.71 bits per heavy atom. The minimum Gasteiger partial charge on any atom is -0.396 e. The number of nitro groups is 1. The number of aliphatic hydroxyl groups excluding tert-OH is 1. The summed E-state index contributed by atoms with van der Waals surface area (Å²) in [4.78, 5) is 12.5. The third-order valence-electron chi connectivity index (χ3n) is 5.28. The lowest BCUT2D eigenvalue weighted by Gasteiger charge is -2.19. The Morgan fingerprint density at radius 2 is 1.23 bits per heavy atom. The van der Waals surface area contributed by atoms with E-state index in [2.05, 4.69) is 22.2 Å². The largest absolute Gasteiger partial charge is 0.396 e. The van der Waals surface area contributed by atoms with Crippen LogP contribution in [0.3, 0.4) is 0 Å². The van der Waals surface area contributed by atoms with E-state index in [0.29, 0.717) is 12.3 Å². The van der Waals surface area contributed by atoms with Crippen molar-refractivity contribution in [3.05, 3.63) is 58.6 Å². The zero-order chi connectivity index (χ0) is 22.3. The molecule has 7 heteroatoms. The Kier molecular flexibility index (Phi) is 11.2. The highest BCUT2D eigenvalue weighted by Crippen LogP contribution is 2.23. The molecule has 0 saturated heterocycles. The van der Waals surface area contributed by atoms with Crippen LogP contribution in [0.2, 0.25) is 0 Å². The van der Waals surface area contributed by atoms with Crippen molar-refractivity contribution in [3.63, 3.8) is 0 Å². The van der Waals surface area contributed by atoms with Crippen molar-refractivity contribution in [2.75, 3.05) is 25.1 Å². The van der Waals surface area contributed by atoms with Gasteiger partial charge in [-0.2, -0.15) is 10.2 Å². The number of hydrogen-bond acceptors (Lipinski definition) is 6. The number of azo groups is 1. The average Bonchev–Trinajstić information content (AvgIpc) is 2.79. The molecular weight excluding hydrogens is 392 g/mol. The highest BCUT2D eigenvalue weighted by atomic mass is 16.6. The quantitative estimate of drug-likeness (QED) is 0.144. The van der Waals surface area contributed by atoms with Gasteiger partial charge >= 0.3 is 0 Å². The van der Waals surface area contributed by atoms with Gasteiger partial charge in [0, 0.05) is 38.0 Å². The minimum atomic E-state index is -0.432. The molecule has 0 spiro atoms. The summed E-state index contributed by atoms with van der Waals surface area (Å²) in [6.45, 7) is 1.35. The fraction of sp³-hybridized carbons (Fsp3) is 0.500. The number of unbranched alkanes of at least 4 members (excludes halogenated alkanes) is 8. The lowest BCUT2D eigenvalue weighted by molar-refractivity contribution is -0.384. The number of non-ortho nitro benzene ring substituents is 1. The van der Waals surface area contributed by atoms with Crippen LogP contribution in [0.1, 0.15) is 57.8 Å². The highest BCUT2D eigenvalue weighted by molar-refractivity contribution is 5.52. The first-order valence-electron chi connectivity index (χ1n) is 11.2. The maximum Gasteiger partial charge on any atom is 0.269 e. The van der Waals surface area contributed by atoms with Gasteiger partial charge in [-0.1, -0.05) is 44.9 Å². The number of nitro benzene ring substituents is 1. The van der Waals surface area contributed by atoms with Crippen molar-refractivity contribution in [2.45, 2.75) is 57.8 Å². The molecule has 7 nitrogen and oxygen atoms in total. The van der Waals surface area contributed by atoms with Gasteiger partial charge in [-0.25, -0.2) is 0 Å².